The zero-order chi connectivity index (χ0) is 19.5. The number of ether oxygens (including phenoxy) is 2. The fraction of sp³-hybridized carbons (Fsp3) is 0.619. The molecule has 1 atom stereocenters. The summed E-state index contributed by atoms with van der Waals surface area (Å²) in [6, 6.07) is 6.06. The molecule has 1 aromatic carbocycles. The molecule has 0 aromatic heterocycles. The lowest BCUT2D eigenvalue weighted by atomic mass is 10.1. The summed E-state index contributed by atoms with van der Waals surface area (Å²) in [6.07, 6.45) is 2.44. The van der Waals surface area contributed by atoms with Gasteiger partial charge in [-0.15, -0.1) is 0 Å². The van der Waals surface area contributed by atoms with Crippen molar-refractivity contribution in [1.82, 2.24) is 14.7 Å². The second kappa shape index (κ2) is 8.39. The van der Waals surface area contributed by atoms with Crippen LogP contribution in [0, 0.1) is 5.92 Å². The molecule has 3 heterocycles. The third-order valence-corrected chi connectivity index (χ3v) is 5.87. The van der Waals surface area contributed by atoms with Crippen LogP contribution < -0.4 is 9.47 Å². The Balaban J connectivity index is 1.26. The molecule has 2 saturated heterocycles. The van der Waals surface area contributed by atoms with E-state index >= 15 is 0 Å². The Morgan fingerprint density at radius 3 is 2.71 bits per heavy atom. The van der Waals surface area contributed by atoms with Crippen molar-refractivity contribution in [3.8, 4) is 11.5 Å². The van der Waals surface area contributed by atoms with Crippen molar-refractivity contribution in [2.45, 2.75) is 32.7 Å². The van der Waals surface area contributed by atoms with Gasteiger partial charge in [0.2, 0.25) is 18.6 Å². The van der Waals surface area contributed by atoms with E-state index in [4.69, 9.17) is 9.47 Å². The van der Waals surface area contributed by atoms with Gasteiger partial charge in [0.25, 0.3) is 0 Å². The first-order valence-corrected chi connectivity index (χ1v) is 10.3. The van der Waals surface area contributed by atoms with Gasteiger partial charge in [-0.3, -0.25) is 14.5 Å². The molecule has 7 heteroatoms. The summed E-state index contributed by atoms with van der Waals surface area (Å²) in [7, 11) is 0. The molecule has 7 nitrogen and oxygen atoms in total. The molecule has 2 amide bonds. The molecule has 2 fully saturated rings. The first-order valence-electron chi connectivity index (χ1n) is 10.3. The summed E-state index contributed by atoms with van der Waals surface area (Å²) in [4.78, 5) is 31.2. The molecule has 0 bridgehead atoms. The van der Waals surface area contributed by atoms with Gasteiger partial charge in [0.1, 0.15) is 0 Å². The molecule has 152 valence electrons. The predicted octanol–water partition coefficient (Wildman–Crippen LogP) is 1.71. The van der Waals surface area contributed by atoms with Gasteiger partial charge in [-0.2, -0.15) is 0 Å². The highest BCUT2D eigenvalue weighted by Gasteiger charge is 2.36. The van der Waals surface area contributed by atoms with Crippen molar-refractivity contribution < 1.29 is 19.1 Å². The van der Waals surface area contributed by atoms with Crippen LogP contribution in [0.5, 0.6) is 11.5 Å². The first kappa shape index (κ1) is 19.1. The summed E-state index contributed by atoms with van der Waals surface area (Å²) < 4.78 is 10.8. The molecule has 28 heavy (non-hydrogen) atoms. The molecule has 0 spiro atoms. The smallest absolute Gasteiger partial charge is 0.231 e. The highest BCUT2D eigenvalue weighted by Crippen LogP contribution is 2.33. The van der Waals surface area contributed by atoms with Gasteiger partial charge in [0, 0.05) is 52.2 Å². The SMILES string of the molecule is CCCCN1CC(C(=O)N2CCN(Cc3ccc4c(c3)OCO4)CC2)CC1=O. The second-order valence-electron chi connectivity index (χ2n) is 7.88. The van der Waals surface area contributed by atoms with Gasteiger partial charge in [-0.1, -0.05) is 19.4 Å². The van der Waals surface area contributed by atoms with E-state index in [1.807, 2.05) is 21.9 Å². The van der Waals surface area contributed by atoms with Crippen molar-refractivity contribution in [1.29, 1.82) is 0 Å². The second-order valence-corrected chi connectivity index (χ2v) is 7.88. The average molecular weight is 387 g/mol. The molecule has 0 radical (unpaired) electrons. The van der Waals surface area contributed by atoms with Gasteiger partial charge >= 0.3 is 0 Å². The third-order valence-electron chi connectivity index (χ3n) is 5.87. The highest BCUT2D eigenvalue weighted by molar-refractivity contribution is 5.89. The minimum atomic E-state index is -0.162. The molecule has 1 aromatic rings. The van der Waals surface area contributed by atoms with Gasteiger partial charge in [-0.25, -0.2) is 0 Å². The number of benzene rings is 1. The molecular formula is C21H29N3O4. The number of unbranched alkanes of at least 4 members (excludes halogenated alkanes) is 1. The predicted molar refractivity (Wildman–Crippen MR) is 104 cm³/mol. The van der Waals surface area contributed by atoms with Crippen LogP contribution in [-0.4, -0.2) is 72.6 Å². The summed E-state index contributed by atoms with van der Waals surface area (Å²) in [5.41, 5.74) is 1.19. The zero-order valence-electron chi connectivity index (χ0n) is 16.6. The minimum Gasteiger partial charge on any atom is -0.454 e. The van der Waals surface area contributed by atoms with E-state index in [0.29, 0.717) is 19.8 Å². The van der Waals surface area contributed by atoms with Crippen LogP contribution in [0.3, 0.4) is 0 Å². The van der Waals surface area contributed by atoms with Crippen LogP contribution in [0.1, 0.15) is 31.7 Å². The van der Waals surface area contributed by atoms with Gasteiger partial charge in [0.05, 0.1) is 5.92 Å². The number of likely N-dealkylation sites (tertiary alicyclic amines) is 1. The lowest BCUT2D eigenvalue weighted by Gasteiger charge is -2.36. The Kier molecular flexibility index (Phi) is 5.71. The van der Waals surface area contributed by atoms with Crippen molar-refractivity contribution in [3.63, 3.8) is 0 Å². The number of carbonyl (C=O) groups excluding carboxylic acids is 2. The van der Waals surface area contributed by atoms with E-state index in [1.165, 1.54) is 5.56 Å². The normalized spacial score (nSPS) is 22.2. The maximum Gasteiger partial charge on any atom is 0.231 e. The van der Waals surface area contributed by atoms with Crippen LogP contribution in [-0.2, 0) is 16.1 Å². The molecule has 0 N–H and O–H groups in total. The number of hydrogen-bond donors (Lipinski definition) is 0. The maximum atomic E-state index is 12.9. The fourth-order valence-electron chi connectivity index (χ4n) is 4.18. The van der Waals surface area contributed by atoms with Crippen LogP contribution in [0.4, 0.5) is 0 Å². The van der Waals surface area contributed by atoms with E-state index in [-0.39, 0.29) is 17.7 Å². The largest absolute Gasteiger partial charge is 0.454 e. The minimum absolute atomic E-state index is 0.133. The van der Waals surface area contributed by atoms with Gasteiger partial charge in [0.15, 0.2) is 11.5 Å². The molecular weight excluding hydrogens is 358 g/mol. The third kappa shape index (κ3) is 4.09. The number of fused-ring (bicyclic) bond motifs is 1. The molecule has 3 aliphatic heterocycles. The van der Waals surface area contributed by atoms with Crippen LogP contribution >= 0.6 is 0 Å². The van der Waals surface area contributed by atoms with Gasteiger partial charge < -0.3 is 19.3 Å². The van der Waals surface area contributed by atoms with Crippen molar-refractivity contribution in [2.24, 2.45) is 5.92 Å². The average Bonchev–Trinajstić information content (AvgIpc) is 3.32. The van der Waals surface area contributed by atoms with Crippen molar-refractivity contribution >= 4 is 11.8 Å². The zero-order valence-corrected chi connectivity index (χ0v) is 16.6. The van der Waals surface area contributed by atoms with E-state index in [0.717, 1.165) is 63.6 Å². The lowest BCUT2D eigenvalue weighted by molar-refractivity contribution is -0.137. The van der Waals surface area contributed by atoms with Crippen molar-refractivity contribution in [3.05, 3.63) is 23.8 Å². The highest BCUT2D eigenvalue weighted by atomic mass is 16.7. The Bertz CT molecular complexity index is 730. The maximum absolute atomic E-state index is 12.9. The number of carbonyl (C=O) groups is 2. The van der Waals surface area contributed by atoms with Crippen LogP contribution in [0.25, 0.3) is 0 Å². The Labute approximate surface area is 166 Å². The van der Waals surface area contributed by atoms with E-state index < -0.39 is 0 Å². The monoisotopic (exact) mass is 387 g/mol. The number of piperazine rings is 1. The molecule has 0 saturated carbocycles. The number of nitrogens with zero attached hydrogens (tertiary/aromatic N) is 3. The quantitative estimate of drug-likeness (QED) is 0.744. The molecule has 4 rings (SSSR count). The summed E-state index contributed by atoms with van der Waals surface area (Å²) in [6.45, 7) is 7.76. The lowest BCUT2D eigenvalue weighted by Crippen LogP contribution is -2.50. The number of rotatable bonds is 6. The van der Waals surface area contributed by atoms with E-state index in [9.17, 15) is 9.59 Å². The Morgan fingerprint density at radius 1 is 1.14 bits per heavy atom. The first-order chi connectivity index (χ1) is 13.6. The summed E-state index contributed by atoms with van der Waals surface area (Å²) in [5.74, 6) is 1.73. The van der Waals surface area contributed by atoms with Crippen molar-refractivity contribution in [2.75, 3.05) is 46.1 Å². The summed E-state index contributed by atoms with van der Waals surface area (Å²) >= 11 is 0. The fourth-order valence-corrected chi connectivity index (χ4v) is 4.18. The molecule has 1 unspecified atom stereocenters. The van der Waals surface area contributed by atoms with Crippen LogP contribution in [0.15, 0.2) is 18.2 Å². The van der Waals surface area contributed by atoms with E-state index in [1.54, 1.807) is 0 Å². The van der Waals surface area contributed by atoms with Gasteiger partial charge in [-0.05, 0) is 24.1 Å². The summed E-state index contributed by atoms with van der Waals surface area (Å²) in [5, 5.41) is 0. The molecule has 0 aliphatic carbocycles. The number of amides is 2. The topological polar surface area (TPSA) is 62.3 Å². The number of hydrogen-bond acceptors (Lipinski definition) is 5. The Morgan fingerprint density at radius 2 is 1.93 bits per heavy atom. The van der Waals surface area contributed by atoms with Crippen LogP contribution in [0.2, 0.25) is 0 Å². The standard InChI is InChI=1S/C21H29N3O4/c1-2-3-6-24-14-17(12-20(24)25)21(26)23-9-7-22(8-10-23)13-16-4-5-18-19(11-16)28-15-27-18/h4-5,11,17H,2-3,6-10,12-15H2,1H3. The Hall–Kier alpha value is -2.28. The molecule has 3 aliphatic rings. The van der Waals surface area contributed by atoms with E-state index in [2.05, 4.69) is 17.9 Å².